The Kier molecular flexibility index (Phi) is 31.0. The van der Waals surface area contributed by atoms with Gasteiger partial charge in [-0.25, -0.2) is 17.3 Å². The van der Waals surface area contributed by atoms with Gasteiger partial charge in [-0.3, -0.25) is 13.7 Å². The number of rotatable bonds is 33. The van der Waals surface area contributed by atoms with Gasteiger partial charge in [0.25, 0.3) is 0 Å². The first kappa shape index (κ1) is 85.7. The average Bonchev–Trinajstić information content (AvgIpc) is 0.767. The highest BCUT2D eigenvalue weighted by Crippen LogP contribution is 2.41. The summed E-state index contributed by atoms with van der Waals surface area (Å²) in [5.74, 6) is -4.08. The van der Waals surface area contributed by atoms with Crippen LogP contribution in [0.5, 0.6) is 0 Å². The maximum Gasteiger partial charge on any atom is 0.410 e. The summed E-state index contributed by atoms with van der Waals surface area (Å²) in [6, 6.07) is 24.4. The lowest BCUT2D eigenvalue weighted by molar-refractivity contribution is -0.374. The zero-order valence-corrected chi connectivity index (χ0v) is 62.5. The minimum atomic E-state index is -5.16. The summed E-state index contributed by atoms with van der Waals surface area (Å²) in [4.78, 5) is 15.0. The summed E-state index contributed by atoms with van der Waals surface area (Å²) in [7, 11) is -15.3. The lowest BCUT2D eigenvalue weighted by Gasteiger charge is -2.51. The summed E-state index contributed by atoms with van der Waals surface area (Å²) in [6.45, 7) is 11.1. The van der Waals surface area contributed by atoms with Crippen molar-refractivity contribution in [1.29, 1.82) is 0 Å². The summed E-state index contributed by atoms with van der Waals surface area (Å²) in [6.07, 6.45) is -27.6. The Morgan fingerprint density at radius 3 is 1.26 bits per heavy atom. The molecule has 6 heterocycles. The number of aliphatic hydroxyl groups is 4. The highest BCUT2D eigenvalue weighted by Gasteiger charge is 2.56. The van der Waals surface area contributed by atoms with E-state index in [-0.39, 0.29) is 19.8 Å². The number of unbranched alkanes of at least 4 members (excludes halogenated alkanes) is 2. The Labute approximate surface area is 617 Å². The molecule has 9 rings (SSSR count). The normalized spacial score (nSPS) is 38.4. The summed E-state index contributed by atoms with van der Waals surface area (Å²) >= 11 is 0. The second-order valence-corrected chi connectivity index (χ2v) is 31.3. The zero-order valence-electron chi connectivity index (χ0n) is 60.1. The fraction of sp³-hybridized carbons (Fsp3) is 0.721. The molecule has 6 aliphatic heterocycles. The van der Waals surface area contributed by atoms with Crippen LogP contribution in [0.25, 0.3) is 0 Å². The van der Waals surface area contributed by atoms with E-state index in [0.717, 1.165) is 11.1 Å². The quantitative estimate of drug-likeness (QED) is 0.0308. The molecule has 13 N–H and O–H groups in total. The highest BCUT2D eigenvalue weighted by molar-refractivity contribution is 7.81. The molecule has 6 saturated heterocycles. The van der Waals surface area contributed by atoms with Crippen molar-refractivity contribution in [1.82, 2.24) is 4.90 Å². The number of ether oxygens (including phenoxy) is 14. The molecule has 0 radical (unpaired) electrons. The number of carbonyl (C=O) groups is 1. The van der Waals surface area contributed by atoms with Crippen LogP contribution < -0.4 is 17.2 Å². The predicted molar refractivity (Wildman–Crippen MR) is 368 cm³/mol. The minimum Gasteiger partial charge on any atom is -0.445 e. The largest absolute Gasteiger partial charge is 0.445 e. The zero-order chi connectivity index (χ0) is 77.1. The standard InChI is InChI=1S/C68H104N4O31S3/c1-35-49(69)62(87-28-20-12-19-27-72(29-43-21-13-9-14-22-43)68(77)89-31-45-25-17-11-18-26-45)96-46(32-90-104(78,79)80)57(35)101-66-54(75)39(5)56(41(7)94-66)99-63-50(70)36(2)59(48(97-63)34-92-106(84,85)86)102-67-55(76)61(88-30-44-23-15-10-16-24-44)60(42(8)95-67)103-64-51(71)37(3)58(47(98-64)33-91-105(81,82)83)100-65-53(74)38(4)52(73)40(6)93-65/h9-11,13-18,21-26,35-42,46-67,73-76H,12,19-20,27-34,69-71H2,1-8H3,(H,78,79,80)(H,81,82,83)(H,84,85,86)/t35?,36?,37?,38?,39?,40-,41-,42?,46-,47-,48?,49?,50-,51?,52-,53?,54?,55?,56-,57-,58-,59-,60+,61-,62-,63+,64+,65-,66-,67-/m0/s1. The van der Waals surface area contributed by atoms with Crippen molar-refractivity contribution in [2.45, 2.75) is 248 Å². The molecule has 38 heteroatoms. The van der Waals surface area contributed by atoms with Gasteiger partial charge in [-0.1, -0.05) is 126 Å². The molecule has 0 bridgehead atoms. The van der Waals surface area contributed by atoms with Gasteiger partial charge in [0.05, 0.1) is 93.4 Å². The lowest BCUT2D eigenvalue weighted by atomic mass is 9.87. The van der Waals surface area contributed by atoms with E-state index < -0.39 is 240 Å². The van der Waals surface area contributed by atoms with Crippen LogP contribution in [0.15, 0.2) is 91.0 Å². The molecular weight excluding hydrogens is 1460 g/mol. The number of amides is 1. The van der Waals surface area contributed by atoms with Gasteiger partial charge >= 0.3 is 37.3 Å². The van der Waals surface area contributed by atoms with Crippen molar-refractivity contribution in [2.75, 3.05) is 33.0 Å². The number of nitrogens with zero attached hydrogens (tertiary/aromatic N) is 1. The maximum absolute atomic E-state index is 13.3. The Balaban J connectivity index is 0.837. The van der Waals surface area contributed by atoms with E-state index in [1.165, 1.54) is 0 Å². The van der Waals surface area contributed by atoms with Crippen LogP contribution in [0.1, 0.15) is 91.3 Å². The number of nitrogens with two attached hydrogens (primary N) is 3. The van der Waals surface area contributed by atoms with Crippen molar-refractivity contribution >= 4 is 37.3 Å². The fourth-order valence-corrected chi connectivity index (χ4v) is 14.8. The van der Waals surface area contributed by atoms with E-state index in [2.05, 4.69) is 0 Å². The molecule has 3 aromatic carbocycles. The maximum atomic E-state index is 13.3. The fourth-order valence-electron chi connectivity index (χ4n) is 13.9. The summed E-state index contributed by atoms with van der Waals surface area (Å²) in [5, 5.41) is 46.1. The SMILES string of the molecule is CC1O[C@@H](O[C@@H]2C(COS(=O)(=O)O)O[C@H](O[C@H]3C(C)C(O)[C@H](O[C@H]4C(C)C(N)[C@@H](OCCCCCN(Cc5ccccc5)C(=O)OCc5ccccc5)O[C@H]4COS(=O)(=O)O)O[C@H]3C)[C@@H](N)C2C)C(O)[C@H](OCc2ccccc2)[C@@H]1O[C@H]1O[C@@H](COS(=O)(=O)O)[C@@H](O[C@@H]2O[C@@H](C)[C@@H](O)C(C)C2O)C(C)C1N. The van der Waals surface area contributed by atoms with E-state index in [1.54, 1.807) is 90.6 Å². The van der Waals surface area contributed by atoms with Gasteiger partial charge in [0.1, 0.15) is 55.4 Å². The van der Waals surface area contributed by atoms with Gasteiger partial charge in [-0.05, 0) is 56.7 Å². The van der Waals surface area contributed by atoms with Gasteiger partial charge < -0.3 is 109 Å². The van der Waals surface area contributed by atoms with E-state index in [1.807, 2.05) is 60.7 Å². The van der Waals surface area contributed by atoms with Crippen molar-refractivity contribution in [3.63, 3.8) is 0 Å². The summed E-state index contributed by atoms with van der Waals surface area (Å²) < 4.78 is 204. The molecular formula is C68H104N4O31S3. The first-order chi connectivity index (χ1) is 50.1. The molecule has 30 atom stereocenters. The number of carbonyl (C=O) groups excluding carboxylic acids is 1. The molecule has 3 aromatic rings. The number of benzene rings is 3. The Morgan fingerprint density at radius 2 is 0.792 bits per heavy atom. The lowest BCUT2D eigenvalue weighted by Crippen LogP contribution is -2.67. The smallest absolute Gasteiger partial charge is 0.410 e. The van der Waals surface area contributed by atoms with Crippen LogP contribution in [0.3, 0.4) is 0 Å². The summed E-state index contributed by atoms with van der Waals surface area (Å²) in [5.41, 5.74) is 22.9. The van der Waals surface area contributed by atoms with Crippen LogP contribution in [-0.2, 0) is 130 Å². The van der Waals surface area contributed by atoms with E-state index in [4.69, 9.17) is 96.1 Å². The van der Waals surface area contributed by atoms with Gasteiger partial charge in [-0.15, -0.1) is 0 Å². The van der Waals surface area contributed by atoms with Crippen molar-refractivity contribution in [3.8, 4) is 0 Å². The molecule has 1 amide bonds. The number of hydrogen-bond donors (Lipinski definition) is 10. The van der Waals surface area contributed by atoms with Crippen LogP contribution in [0.4, 0.5) is 4.79 Å². The highest BCUT2D eigenvalue weighted by atomic mass is 32.3. The second-order valence-electron chi connectivity index (χ2n) is 28.0. The molecule has 0 saturated carbocycles. The Morgan fingerprint density at radius 1 is 0.406 bits per heavy atom. The van der Waals surface area contributed by atoms with Crippen LogP contribution in [0, 0.1) is 29.6 Å². The molecule has 0 aliphatic carbocycles. The third-order valence-corrected chi connectivity index (χ3v) is 21.6. The molecule has 6 aliphatic rings. The minimum absolute atomic E-state index is 0.108. The topological polar surface area (TPSA) is 499 Å². The molecule has 0 aromatic heterocycles. The molecule has 600 valence electrons. The van der Waals surface area contributed by atoms with Crippen LogP contribution in [0.2, 0.25) is 0 Å². The monoisotopic (exact) mass is 1570 g/mol. The first-order valence-corrected chi connectivity index (χ1v) is 39.5. The Hall–Kier alpha value is -4.26. The van der Waals surface area contributed by atoms with Crippen molar-refractivity contribution in [2.24, 2.45) is 46.8 Å². The van der Waals surface area contributed by atoms with Gasteiger partial charge in [0.15, 0.2) is 37.7 Å². The van der Waals surface area contributed by atoms with Crippen LogP contribution in [-0.4, -0.2) is 257 Å². The molecule has 35 nitrogen and oxygen atoms in total. The molecule has 12 unspecified atom stereocenters. The van der Waals surface area contributed by atoms with Crippen molar-refractivity contribution < 1.29 is 143 Å². The van der Waals surface area contributed by atoms with E-state index in [9.17, 15) is 64.1 Å². The van der Waals surface area contributed by atoms with Gasteiger partial charge in [0, 0.05) is 49.3 Å². The number of aliphatic hydroxyl groups excluding tert-OH is 4. The molecule has 0 spiro atoms. The third-order valence-electron chi connectivity index (χ3n) is 20.3. The second kappa shape index (κ2) is 38.3. The van der Waals surface area contributed by atoms with Gasteiger partial charge in [0.2, 0.25) is 0 Å². The number of hydrogen-bond acceptors (Lipinski definition) is 31. The molecule has 6 fully saturated rings. The average molecular weight is 1570 g/mol. The van der Waals surface area contributed by atoms with Gasteiger partial charge in [-0.2, -0.15) is 25.3 Å². The predicted octanol–water partition coefficient (Wildman–Crippen LogP) is 2.00. The Bertz CT molecular complexity index is 3540. The van der Waals surface area contributed by atoms with E-state index >= 15 is 0 Å². The first-order valence-electron chi connectivity index (χ1n) is 35.4. The van der Waals surface area contributed by atoms with Crippen LogP contribution >= 0.6 is 0 Å². The third kappa shape index (κ3) is 23.2. The van der Waals surface area contributed by atoms with Crippen molar-refractivity contribution in [3.05, 3.63) is 108 Å². The molecule has 106 heavy (non-hydrogen) atoms. The van der Waals surface area contributed by atoms with E-state index in [0.29, 0.717) is 37.9 Å².